The SMILES string of the molecule is O=C1Nc2ccccc2/C1=C/c1nc2ccc(I)cc2c(=O)n1-c1ccc(Br)cc1. The summed E-state index contributed by atoms with van der Waals surface area (Å²) in [5, 5.41) is 3.39. The summed E-state index contributed by atoms with van der Waals surface area (Å²) >= 11 is 5.61. The minimum atomic E-state index is -0.212. The van der Waals surface area contributed by atoms with Crippen LogP contribution in [-0.4, -0.2) is 15.5 Å². The molecular weight excluding hydrogens is 557 g/mol. The molecule has 0 unspecified atom stereocenters. The average Bonchev–Trinajstić information content (AvgIpc) is 3.05. The number of benzene rings is 3. The maximum atomic E-state index is 13.5. The van der Waals surface area contributed by atoms with E-state index >= 15 is 0 Å². The Morgan fingerprint density at radius 1 is 1.00 bits per heavy atom. The first-order valence-electron chi connectivity index (χ1n) is 9.12. The van der Waals surface area contributed by atoms with Crippen LogP contribution in [-0.2, 0) is 4.79 Å². The van der Waals surface area contributed by atoms with Crippen molar-refractivity contribution >= 4 is 72.7 Å². The van der Waals surface area contributed by atoms with Gasteiger partial charge in [0.05, 0.1) is 22.2 Å². The van der Waals surface area contributed by atoms with Gasteiger partial charge in [-0.2, -0.15) is 0 Å². The van der Waals surface area contributed by atoms with Gasteiger partial charge >= 0.3 is 0 Å². The van der Waals surface area contributed by atoms with Crippen molar-refractivity contribution in [1.29, 1.82) is 0 Å². The summed E-state index contributed by atoms with van der Waals surface area (Å²) in [6, 6.07) is 20.5. The second kappa shape index (κ2) is 7.48. The Hall–Kier alpha value is -2.78. The van der Waals surface area contributed by atoms with Crippen LogP contribution in [0.4, 0.5) is 5.69 Å². The first-order valence-corrected chi connectivity index (χ1v) is 11.0. The van der Waals surface area contributed by atoms with Crippen molar-refractivity contribution in [2.45, 2.75) is 0 Å². The molecule has 1 amide bonds. The summed E-state index contributed by atoms with van der Waals surface area (Å²) in [5.41, 5.74) is 3.11. The Balaban J connectivity index is 1.82. The van der Waals surface area contributed by atoms with Crippen LogP contribution in [0.25, 0.3) is 28.2 Å². The minimum Gasteiger partial charge on any atom is -0.321 e. The summed E-state index contributed by atoms with van der Waals surface area (Å²) in [5.74, 6) is 0.188. The first-order chi connectivity index (χ1) is 14.5. The van der Waals surface area contributed by atoms with Gasteiger partial charge in [-0.25, -0.2) is 4.98 Å². The standard InChI is InChI=1S/C23H13BrIN3O2/c24-13-5-8-15(9-6-13)28-21(26-20-10-7-14(25)11-18(20)23(28)30)12-17-16-3-1-2-4-19(16)27-22(17)29/h1-12H,(H,27,29)/b17-12-. The lowest BCUT2D eigenvalue weighted by molar-refractivity contribution is -0.110. The Morgan fingerprint density at radius 3 is 2.57 bits per heavy atom. The molecule has 1 N–H and O–H groups in total. The normalized spacial score (nSPS) is 14.2. The third-order valence-electron chi connectivity index (χ3n) is 4.92. The molecule has 5 rings (SSSR count). The fourth-order valence-corrected chi connectivity index (χ4v) is 4.28. The number of hydrogen-bond acceptors (Lipinski definition) is 3. The van der Waals surface area contributed by atoms with E-state index in [0.717, 1.165) is 19.3 Å². The topological polar surface area (TPSA) is 64.0 Å². The number of aromatic nitrogens is 2. The average molecular weight is 570 g/mol. The highest BCUT2D eigenvalue weighted by Gasteiger charge is 2.24. The maximum Gasteiger partial charge on any atom is 0.266 e. The molecule has 0 radical (unpaired) electrons. The number of hydrogen-bond donors (Lipinski definition) is 1. The molecule has 0 atom stereocenters. The Morgan fingerprint density at radius 2 is 1.77 bits per heavy atom. The van der Waals surface area contributed by atoms with Crippen molar-refractivity contribution < 1.29 is 4.79 Å². The zero-order valence-corrected chi connectivity index (χ0v) is 19.1. The van der Waals surface area contributed by atoms with E-state index in [-0.39, 0.29) is 11.5 Å². The van der Waals surface area contributed by atoms with E-state index in [1.165, 1.54) is 0 Å². The van der Waals surface area contributed by atoms with Crippen LogP contribution < -0.4 is 10.9 Å². The smallest absolute Gasteiger partial charge is 0.266 e. The predicted molar refractivity (Wildman–Crippen MR) is 131 cm³/mol. The van der Waals surface area contributed by atoms with Crippen molar-refractivity contribution in [1.82, 2.24) is 9.55 Å². The van der Waals surface area contributed by atoms with Gasteiger partial charge in [0.1, 0.15) is 5.82 Å². The number of halogens is 2. The monoisotopic (exact) mass is 569 g/mol. The van der Waals surface area contributed by atoms with Gasteiger partial charge in [-0.1, -0.05) is 34.1 Å². The molecule has 1 aromatic heterocycles. The molecular formula is C23H13BrIN3O2. The van der Waals surface area contributed by atoms with Crippen LogP contribution in [0.1, 0.15) is 11.4 Å². The maximum absolute atomic E-state index is 13.5. The zero-order chi connectivity index (χ0) is 20.8. The molecule has 1 aliphatic heterocycles. The van der Waals surface area contributed by atoms with E-state index in [0.29, 0.717) is 28.0 Å². The van der Waals surface area contributed by atoms with Gasteiger partial charge in [0.15, 0.2) is 0 Å². The molecule has 5 nitrogen and oxygen atoms in total. The Labute approximate surface area is 193 Å². The zero-order valence-electron chi connectivity index (χ0n) is 15.4. The summed E-state index contributed by atoms with van der Waals surface area (Å²) in [7, 11) is 0. The van der Waals surface area contributed by atoms with Gasteiger partial charge < -0.3 is 5.32 Å². The Bertz CT molecular complexity index is 1430. The van der Waals surface area contributed by atoms with Gasteiger partial charge in [0.2, 0.25) is 0 Å². The molecule has 0 saturated carbocycles. The van der Waals surface area contributed by atoms with Crippen LogP contribution >= 0.6 is 38.5 Å². The third kappa shape index (κ3) is 3.27. The summed E-state index contributed by atoms with van der Waals surface area (Å²) in [6.07, 6.45) is 1.68. The summed E-state index contributed by atoms with van der Waals surface area (Å²) in [6.45, 7) is 0. The number of carbonyl (C=O) groups excluding carboxylic acids is 1. The molecule has 0 fully saturated rings. The van der Waals surface area contributed by atoms with Crippen LogP contribution in [0.15, 0.2) is 76.0 Å². The number of nitrogens with one attached hydrogen (secondary N) is 1. The van der Waals surface area contributed by atoms with Crippen molar-refractivity contribution in [2.24, 2.45) is 0 Å². The number of para-hydroxylation sites is 1. The van der Waals surface area contributed by atoms with Crippen molar-refractivity contribution in [3.05, 3.63) is 96.5 Å². The second-order valence-electron chi connectivity index (χ2n) is 6.81. The quantitative estimate of drug-likeness (QED) is 0.265. The molecule has 0 bridgehead atoms. The minimum absolute atomic E-state index is 0.181. The Kier molecular flexibility index (Phi) is 4.79. The number of amides is 1. The van der Waals surface area contributed by atoms with Gasteiger partial charge in [0.25, 0.3) is 11.5 Å². The number of carbonyl (C=O) groups is 1. The molecule has 4 aromatic rings. The lowest BCUT2D eigenvalue weighted by atomic mass is 10.1. The highest BCUT2D eigenvalue weighted by atomic mass is 127. The van der Waals surface area contributed by atoms with Crippen LogP contribution in [0, 0.1) is 3.57 Å². The van der Waals surface area contributed by atoms with Gasteiger partial charge in [-0.05, 0) is 77.2 Å². The van der Waals surface area contributed by atoms with Gasteiger partial charge in [-0.3, -0.25) is 14.2 Å². The molecule has 0 spiro atoms. The molecule has 0 aliphatic carbocycles. The highest BCUT2D eigenvalue weighted by molar-refractivity contribution is 14.1. The fraction of sp³-hybridized carbons (Fsp3) is 0. The van der Waals surface area contributed by atoms with E-state index in [1.807, 2.05) is 66.7 Å². The van der Waals surface area contributed by atoms with Crippen molar-refractivity contribution in [2.75, 3.05) is 5.32 Å². The second-order valence-corrected chi connectivity index (χ2v) is 8.97. The number of nitrogens with zero attached hydrogens (tertiary/aromatic N) is 2. The molecule has 1 aliphatic rings. The molecule has 146 valence electrons. The van der Waals surface area contributed by atoms with E-state index in [9.17, 15) is 9.59 Å². The predicted octanol–water partition coefficient (Wildman–Crippen LogP) is 5.25. The summed E-state index contributed by atoms with van der Waals surface area (Å²) < 4.78 is 3.41. The molecule has 0 saturated heterocycles. The number of rotatable bonds is 2. The van der Waals surface area contributed by atoms with Crippen molar-refractivity contribution in [3.63, 3.8) is 0 Å². The van der Waals surface area contributed by atoms with Crippen molar-refractivity contribution in [3.8, 4) is 5.69 Å². The van der Waals surface area contributed by atoms with Gasteiger partial charge in [0, 0.05) is 19.3 Å². The van der Waals surface area contributed by atoms with E-state index in [1.54, 1.807) is 10.6 Å². The third-order valence-corrected chi connectivity index (χ3v) is 6.12. The highest BCUT2D eigenvalue weighted by Crippen LogP contribution is 2.32. The van der Waals surface area contributed by atoms with Crippen LogP contribution in [0.2, 0.25) is 0 Å². The lowest BCUT2D eigenvalue weighted by Gasteiger charge is -2.12. The van der Waals surface area contributed by atoms with Crippen LogP contribution in [0.3, 0.4) is 0 Å². The van der Waals surface area contributed by atoms with E-state index in [4.69, 9.17) is 4.98 Å². The molecule has 30 heavy (non-hydrogen) atoms. The lowest BCUT2D eigenvalue weighted by Crippen LogP contribution is -2.22. The van der Waals surface area contributed by atoms with Gasteiger partial charge in [-0.15, -0.1) is 0 Å². The van der Waals surface area contributed by atoms with E-state index < -0.39 is 0 Å². The van der Waals surface area contributed by atoms with Crippen LogP contribution in [0.5, 0.6) is 0 Å². The largest absolute Gasteiger partial charge is 0.321 e. The molecule has 7 heteroatoms. The molecule has 3 aromatic carbocycles. The molecule has 2 heterocycles. The number of anilines is 1. The summed E-state index contributed by atoms with van der Waals surface area (Å²) in [4.78, 5) is 30.8. The van der Waals surface area contributed by atoms with E-state index in [2.05, 4.69) is 43.8 Å². The first kappa shape index (κ1) is 19.2. The number of fused-ring (bicyclic) bond motifs is 2. The fourth-order valence-electron chi connectivity index (χ4n) is 3.52.